The van der Waals surface area contributed by atoms with Crippen molar-refractivity contribution in [2.45, 2.75) is 19.4 Å². The molecule has 1 atom stereocenters. The van der Waals surface area contributed by atoms with Crippen LogP contribution in [0.1, 0.15) is 24.9 Å². The van der Waals surface area contributed by atoms with Gasteiger partial charge in [-0.05, 0) is 26.0 Å². The number of nitrogens with two attached hydrogens (primary N) is 2. The first-order valence-corrected chi connectivity index (χ1v) is 4.97. The van der Waals surface area contributed by atoms with Crippen molar-refractivity contribution in [3.63, 3.8) is 0 Å². The predicted molar refractivity (Wildman–Crippen MR) is 65.5 cm³/mol. The summed E-state index contributed by atoms with van der Waals surface area (Å²) in [4.78, 5) is 0. The molecule has 0 unspecified atom stereocenters. The molecule has 0 saturated carbocycles. The fourth-order valence-corrected chi connectivity index (χ4v) is 1.41. The molecule has 15 heavy (non-hydrogen) atoms. The van der Waals surface area contributed by atoms with E-state index < -0.39 is 0 Å². The van der Waals surface area contributed by atoms with Gasteiger partial charge in [0.15, 0.2) is 0 Å². The van der Waals surface area contributed by atoms with Crippen LogP contribution in [0.5, 0.6) is 5.75 Å². The summed E-state index contributed by atoms with van der Waals surface area (Å²) in [5.74, 6) is 0.871. The van der Waals surface area contributed by atoms with Crippen molar-refractivity contribution < 1.29 is 4.74 Å². The number of hydrogen-bond acceptors (Lipinski definition) is 3. The normalized spacial score (nSPS) is 11.7. The predicted octanol–water partition coefficient (Wildman–Crippen LogP) is 1.86. The molecule has 3 nitrogen and oxygen atoms in total. The first-order valence-electron chi connectivity index (χ1n) is 4.97. The van der Waals surface area contributed by atoms with Crippen LogP contribution in [-0.4, -0.2) is 13.2 Å². The topological polar surface area (TPSA) is 61.3 Å². The Balaban J connectivity index is 0.00000196. The maximum atomic E-state index is 5.98. The van der Waals surface area contributed by atoms with Gasteiger partial charge in [0.05, 0.1) is 6.61 Å². The van der Waals surface area contributed by atoms with E-state index in [1.54, 1.807) is 0 Å². The molecule has 0 aliphatic carbocycles. The minimum atomic E-state index is -0.0252. The molecule has 0 aliphatic heterocycles. The van der Waals surface area contributed by atoms with Crippen LogP contribution in [0.4, 0.5) is 0 Å². The summed E-state index contributed by atoms with van der Waals surface area (Å²) in [7, 11) is 0. The van der Waals surface area contributed by atoms with E-state index in [1.165, 1.54) is 0 Å². The van der Waals surface area contributed by atoms with Crippen molar-refractivity contribution >= 4 is 12.4 Å². The van der Waals surface area contributed by atoms with Gasteiger partial charge >= 0.3 is 0 Å². The van der Waals surface area contributed by atoms with Gasteiger partial charge in [0.1, 0.15) is 5.75 Å². The monoisotopic (exact) mass is 230 g/mol. The summed E-state index contributed by atoms with van der Waals surface area (Å²) < 4.78 is 5.48. The lowest BCUT2D eigenvalue weighted by atomic mass is 10.0. The van der Waals surface area contributed by atoms with Crippen LogP contribution in [0.25, 0.3) is 0 Å². The molecule has 0 saturated heterocycles. The third kappa shape index (κ3) is 4.08. The standard InChI is InChI=1S/C11H18N2O.ClH/c1-2-14-11-6-4-3-5-9(11)10(13)7-8-12;/h3-6,10H,2,7-8,12-13H2,1H3;1H/t10-;/m1./s1. The molecule has 1 rings (SSSR count). The molecule has 0 aromatic heterocycles. The van der Waals surface area contributed by atoms with Crippen LogP contribution in [0.2, 0.25) is 0 Å². The smallest absolute Gasteiger partial charge is 0.124 e. The highest BCUT2D eigenvalue weighted by Crippen LogP contribution is 2.24. The Kier molecular flexibility index (Phi) is 7.13. The highest BCUT2D eigenvalue weighted by atomic mass is 35.5. The van der Waals surface area contributed by atoms with Crippen molar-refractivity contribution in [2.75, 3.05) is 13.2 Å². The second-order valence-electron chi connectivity index (χ2n) is 3.15. The Hall–Kier alpha value is -0.770. The third-order valence-corrected chi connectivity index (χ3v) is 2.10. The number of para-hydroxylation sites is 1. The molecule has 1 aromatic carbocycles. The first-order chi connectivity index (χ1) is 6.79. The van der Waals surface area contributed by atoms with E-state index in [0.717, 1.165) is 17.7 Å². The molecular weight excluding hydrogens is 212 g/mol. The second kappa shape index (κ2) is 7.51. The molecule has 0 spiro atoms. The van der Waals surface area contributed by atoms with Gasteiger partial charge in [-0.1, -0.05) is 18.2 Å². The van der Waals surface area contributed by atoms with Crippen molar-refractivity contribution in [1.82, 2.24) is 0 Å². The van der Waals surface area contributed by atoms with Crippen LogP contribution in [0.15, 0.2) is 24.3 Å². The number of hydrogen-bond donors (Lipinski definition) is 2. The number of benzene rings is 1. The van der Waals surface area contributed by atoms with Gasteiger partial charge in [0.25, 0.3) is 0 Å². The van der Waals surface area contributed by atoms with E-state index in [-0.39, 0.29) is 18.4 Å². The summed E-state index contributed by atoms with van der Waals surface area (Å²) in [6.07, 6.45) is 0.782. The fourth-order valence-electron chi connectivity index (χ4n) is 1.41. The molecule has 0 bridgehead atoms. The Labute approximate surface area is 97.2 Å². The molecule has 86 valence electrons. The summed E-state index contributed by atoms with van der Waals surface area (Å²) in [6.45, 7) is 3.22. The van der Waals surface area contributed by atoms with Crippen LogP contribution in [0, 0.1) is 0 Å². The summed E-state index contributed by atoms with van der Waals surface area (Å²) in [5, 5.41) is 0. The minimum absolute atomic E-state index is 0. The van der Waals surface area contributed by atoms with Crippen LogP contribution in [-0.2, 0) is 0 Å². The Morgan fingerprint density at radius 1 is 1.33 bits per heavy atom. The lowest BCUT2D eigenvalue weighted by molar-refractivity contribution is 0.333. The number of ether oxygens (including phenoxy) is 1. The maximum Gasteiger partial charge on any atom is 0.124 e. The largest absolute Gasteiger partial charge is 0.494 e. The van der Waals surface area contributed by atoms with E-state index in [0.29, 0.717) is 13.2 Å². The zero-order valence-corrected chi connectivity index (χ0v) is 9.80. The van der Waals surface area contributed by atoms with Gasteiger partial charge in [0, 0.05) is 11.6 Å². The molecule has 0 radical (unpaired) electrons. The van der Waals surface area contributed by atoms with E-state index in [4.69, 9.17) is 16.2 Å². The maximum absolute atomic E-state index is 5.98. The summed E-state index contributed by atoms with van der Waals surface area (Å²) in [6, 6.07) is 7.82. The fraction of sp³-hybridized carbons (Fsp3) is 0.455. The molecule has 4 N–H and O–H groups in total. The Bertz CT molecular complexity index is 281. The number of rotatable bonds is 5. The van der Waals surface area contributed by atoms with E-state index in [9.17, 15) is 0 Å². The van der Waals surface area contributed by atoms with E-state index >= 15 is 0 Å². The van der Waals surface area contributed by atoms with Crippen molar-refractivity contribution in [1.29, 1.82) is 0 Å². The Morgan fingerprint density at radius 3 is 2.60 bits per heavy atom. The van der Waals surface area contributed by atoms with Gasteiger partial charge in [-0.3, -0.25) is 0 Å². The van der Waals surface area contributed by atoms with Gasteiger partial charge in [-0.25, -0.2) is 0 Å². The zero-order chi connectivity index (χ0) is 10.4. The second-order valence-corrected chi connectivity index (χ2v) is 3.15. The highest BCUT2D eigenvalue weighted by molar-refractivity contribution is 5.85. The minimum Gasteiger partial charge on any atom is -0.494 e. The molecular formula is C11H19ClN2O. The van der Waals surface area contributed by atoms with Gasteiger partial charge in [0.2, 0.25) is 0 Å². The molecule has 0 aliphatic rings. The molecule has 0 fully saturated rings. The molecule has 0 heterocycles. The zero-order valence-electron chi connectivity index (χ0n) is 8.98. The Morgan fingerprint density at radius 2 is 2.00 bits per heavy atom. The van der Waals surface area contributed by atoms with Gasteiger partial charge < -0.3 is 16.2 Å². The molecule has 4 heteroatoms. The first kappa shape index (κ1) is 14.2. The van der Waals surface area contributed by atoms with Crippen LogP contribution >= 0.6 is 12.4 Å². The summed E-state index contributed by atoms with van der Waals surface area (Å²) >= 11 is 0. The number of halogens is 1. The highest BCUT2D eigenvalue weighted by Gasteiger charge is 2.09. The van der Waals surface area contributed by atoms with Gasteiger partial charge in [-0.15, -0.1) is 12.4 Å². The molecule has 1 aromatic rings. The lowest BCUT2D eigenvalue weighted by Crippen LogP contribution is -2.16. The van der Waals surface area contributed by atoms with Crippen molar-refractivity contribution in [2.24, 2.45) is 11.5 Å². The van der Waals surface area contributed by atoms with E-state index in [2.05, 4.69) is 0 Å². The quantitative estimate of drug-likeness (QED) is 0.812. The third-order valence-electron chi connectivity index (χ3n) is 2.10. The average Bonchev–Trinajstić information content (AvgIpc) is 2.19. The van der Waals surface area contributed by atoms with Crippen LogP contribution in [0.3, 0.4) is 0 Å². The van der Waals surface area contributed by atoms with Crippen LogP contribution < -0.4 is 16.2 Å². The van der Waals surface area contributed by atoms with Crippen molar-refractivity contribution in [3.05, 3.63) is 29.8 Å². The van der Waals surface area contributed by atoms with E-state index in [1.807, 2.05) is 31.2 Å². The van der Waals surface area contributed by atoms with Gasteiger partial charge in [-0.2, -0.15) is 0 Å². The SMILES string of the molecule is CCOc1ccccc1[C@H](N)CCN.Cl. The lowest BCUT2D eigenvalue weighted by Gasteiger charge is -2.15. The van der Waals surface area contributed by atoms with Crippen molar-refractivity contribution in [3.8, 4) is 5.75 Å². The average molecular weight is 231 g/mol. The summed E-state index contributed by atoms with van der Waals surface area (Å²) in [5.41, 5.74) is 12.5. The molecule has 0 amide bonds.